The molecule has 3 nitrogen and oxygen atoms in total. The minimum Gasteiger partial charge on any atom is -0.314 e. The van der Waals surface area contributed by atoms with Gasteiger partial charge in [-0.15, -0.1) is 0 Å². The van der Waals surface area contributed by atoms with Crippen molar-refractivity contribution in [2.45, 2.75) is 65.5 Å². The van der Waals surface area contributed by atoms with Crippen molar-refractivity contribution in [2.24, 2.45) is 5.92 Å². The molecule has 0 bridgehead atoms. The Bertz CT molecular complexity index is 366. The number of hydrogen-bond donors (Lipinski definition) is 1. The van der Waals surface area contributed by atoms with Crippen LogP contribution in [0.3, 0.4) is 0 Å². The average Bonchev–Trinajstić information content (AvgIpc) is 3.12. The minimum absolute atomic E-state index is 0.760. The molecule has 3 heteroatoms. The molecule has 1 N–H and O–H groups in total. The Hall–Kier alpha value is -0.830. The van der Waals surface area contributed by atoms with Crippen molar-refractivity contribution in [3.8, 4) is 0 Å². The monoisotopic (exact) mass is 249 g/mol. The van der Waals surface area contributed by atoms with Gasteiger partial charge in [0.15, 0.2) is 0 Å². The van der Waals surface area contributed by atoms with Gasteiger partial charge in [-0.25, -0.2) is 0 Å². The van der Waals surface area contributed by atoms with Crippen molar-refractivity contribution < 1.29 is 0 Å². The van der Waals surface area contributed by atoms with Gasteiger partial charge in [0.1, 0.15) is 0 Å². The van der Waals surface area contributed by atoms with Gasteiger partial charge in [0.25, 0.3) is 0 Å². The maximum Gasteiger partial charge on any atom is 0.0624 e. The molecule has 1 aromatic rings. The Morgan fingerprint density at radius 1 is 1.44 bits per heavy atom. The summed E-state index contributed by atoms with van der Waals surface area (Å²) in [4.78, 5) is 0. The van der Waals surface area contributed by atoms with Crippen molar-refractivity contribution in [3.05, 3.63) is 17.5 Å². The predicted octanol–water partition coefficient (Wildman–Crippen LogP) is 2.79. The molecule has 0 saturated heterocycles. The quantitative estimate of drug-likeness (QED) is 0.768. The first kappa shape index (κ1) is 13.6. The van der Waals surface area contributed by atoms with Crippen molar-refractivity contribution >= 4 is 0 Å². The summed E-state index contributed by atoms with van der Waals surface area (Å²) in [5, 5.41) is 8.23. The van der Waals surface area contributed by atoms with Crippen LogP contribution in [0, 0.1) is 5.92 Å². The molecule has 0 spiro atoms. The van der Waals surface area contributed by atoms with E-state index < -0.39 is 0 Å². The second kappa shape index (κ2) is 6.37. The summed E-state index contributed by atoms with van der Waals surface area (Å²) in [6.07, 6.45) is 6.23. The number of hydrogen-bond acceptors (Lipinski definition) is 2. The molecule has 1 unspecified atom stereocenters. The van der Waals surface area contributed by atoms with Crippen LogP contribution in [-0.2, 0) is 19.4 Å². The number of rotatable bonds is 8. The first-order valence-electron chi connectivity index (χ1n) is 7.51. The van der Waals surface area contributed by atoms with E-state index in [4.69, 9.17) is 0 Å². The molecular formula is C15H27N3. The third-order valence-electron chi connectivity index (χ3n) is 3.80. The standard InChI is InChI=1S/C15H27N3/c1-4-13-10-15(18(5-2)17-13)9-6-12(3)11-16-14-7-8-14/h10,12,14,16H,4-9,11H2,1-3H3. The van der Waals surface area contributed by atoms with E-state index >= 15 is 0 Å². The van der Waals surface area contributed by atoms with E-state index in [1.54, 1.807) is 0 Å². The van der Waals surface area contributed by atoms with Crippen LogP contribution in [0.25, 0.3) is 0 Å². The van der Waals surface area contributed by atoms with Gasteiger partial charge in [-0.05, 0) is 57.6 Å². The van der Waals surface area contributed by atoms with Crippen LogP contribution in [0.1, 0.15) is 51.4 Å². The highest BCUT2D eigenvalue weighted by atomic mass is 15.3. The molecule has 1 aliphatic carbocycles. The van der Waals surface area contributed by atoms with E-state index in [1.165, 1.54) is 37.2 Å². The highest BCUT2D eigenvalue weighted by Crippen LogP contribution is 2.19. The number of aromatic nitrogens is 2. The van der Waals surface area contributed by atoms with Gasteiger partial charge in [0.05, 0.1) is 5.69 Å². The second-order valence-electron chi connectivity index (χ2n) is 5.62. The summed E-state index contributed by atoms with van der Waals surface area (Å²) in [6, 6.07) is 3.12. The molecule has 1 atom stereocenters. The minimum atomic E-state index is 0.760. The van der Waals surface area contributed by atoms with Gasteiger partial charge in [0, 0.05) is 18.3 Å². The lowest BCUT2D eigenvalue weighted by molar-refractivity contribution is 0.469. The van der Waals surface area contributed by atoms with Crippen molar-refractivity contribution in [1.29, 1.82) is 0 Å². The third-order valence-corrected chi connectivity index (χ3v) is 3.80. The summed E-state index contributed by atoms with van der Waals surface area (Å²) < 4.78 is 2.17. The van der Waals surface area contributed by atoms with E-state index in [0.29, 0.717) is 0 Å². The SMILES string of the molecule is CCc1cc(CCC(C)CNC2CC2)n(CC)n1. The number of nitrogens with one attached hydrogen (secondary N) is 1. The van der Waals surface area contributed by atoms with Crippen molar-refractivity contribution in [2.75, 3.05) is 6.54 Å². The largest absolute Gasteiger partial charge is 0.314 e. The smallest absolute Gasteiger partial charge is 0.0624 e. The fourth-order valence-corrected chi connectivity index (χ4v) is 2.31. The predicted molar refractivity (Wildman–Crippen MR) is 75.8 cm³/mol. The molecule has 1 aliphatic rings. The van der Waals surface area contributed by atoms with E-state index in [2.05, 4.69) is 41.9 Å². The molecule has 1 heterocycles. The van der Waals surface area contributed by atoms with E-state index in [9.17, 15) is 0 Å². The summed E-state index contributed by atoms with van der Waals surface area (Å²) in [7, 11) is 0. The summed E-state index contributed by atoms with van der Waals surface area (Å²) in [6.45, 7) is 8.86. The van der Waals surface area contributed by atoms with Gasteiger partial charge in [0.2, 0.25) is 0 Å². The fourth-order valence-electron chi connectivity index (χ4n) is 2.31. The normalized spacial score (nSPS) is 17.1. The molecular weight excluding hydrogens is 222 g/mol. The summed E-state index contributed by atoms with van der Waals surface area (Å²) in [5.41, 5.74) is 2.64. The Labute approximate surface area is 111 Å². The zero-order chi connectivity index (χ0) is 13.0. The lowest BCUT2D eigenvalue weighted by Crippen LogP contribution is -2.23. The Kier molecular flexibility index (Phi) is 4.81. The first-order chi connectivity index (χ1) is 8.72. The average molecular weight is 249 g/mol. The fraction of sp³-hybridized carbons (Fsp3) is 0.800. The first-order valence-corrected chi connectivity index (χ1v) is 7.51. The zero-order valence-electron chi connectivity index (χ0n) is 12.1. The molecule has 1 saturated carbocycles. The Balaban J connectivity index is 1.78. The van der Waals surface area contributed by atoms with Crippen LogP contribution in [0.4, 0.5) is 0 Å². The van der Waals surface area contributed by atoms with Crippen LogP contribution in [0.15, 0.2) is 6.07 Å². The van der Waals surface area contributed by atoms with Gasteiger partial charge in [-0.2, -0.15) is 5.10 Å². The Morgan fingerprint density at radius 2 is 2.22 bits per heavy atom. The molecule has 1 fully saturated rings. The van der Waals surface area contributed by atoms with Crippen molar-refractivity contribution in [1.82, 2.24) is 15.1 Å². The van der Waals surface area contributed by atoms with E-state index in [0.717, 1.165) is 31.3 Å². The summed E-state index contributed by atoms with van der Waals surface area (Å²) in [5.74, 6) is 0.760. The van der Waals surface area contributed by atoms with Crippen LogP contribution < -0.4 is 5.32 Å². The van der Waals surface area contributed by atoms with Gasteiger partial charge in [-0.3, -0.25) is 4.68 Å². The molecule has 0 radical (unpaired) electrons. The van der Waals surface area contributed by atoms with Crippen molar-refractivity contribution in [3.63, 3.8) is 0 Å². The highest BCUT2D eigenvalue weighted by Gasteiger charge is 2.20. The Morgan fingerprint density at radius 3 is 2.83 bits per heavy atom. The van der Waals surface area contributed by atoms with Crippen LogP contribution in [0.5, 0.6) is 0 Å². The number of aryl methyl sites for hydroxylation is 3. The molecule has 102 valence electrons. The zero-order valence-corrected chi connectivity index (χ0v) is 12.1. The lowest BCUT2D eigenvalue weighted by atomic mass is 10.0. The third kappa shape index (κ3) is 3.84. The molecule has 0 aromatic carbocycles. The molecule has 2 rings (SSSR count). The van der Waals surface area contributed by atoms with E-state index in [-0.39, 0.29) is 0 Å². The second-order valence-corrected chi connectivity index (χ2v) is 5.62. The van der Waals surface area contributed by atoms with Crippen LogP contribution in [0.2, 0.25) is 0 Å². The molecule has 1 aromatic heterocycles. The van der Waals surface area contributed by atoms with E-state index in [1.807, 2.05) is 0 Å². The number of nitrogens with zero attached hydrogens (tertiary/aromatic N) is 2. The maximum absolute atomic E-state index is 4.61. The molecule has 0 aliphatic heterocycles. The highest BCUT2D eigenvalue weighted by molar-refractivity contribution is 5.10. The summed E-state index contributed by atoms with van der Waals surface area (Å²) >= 11 is 0. The van der Waals surface area contributed by atoms with Gasteiger partial charge in [-0.1, -0.05) is 13.8 Å². The topological polar surface area (TPSA) is 29.9 Å². The van der Waals surface area contributed by atoms with Gasteiger partial charge >= 0.3 is 0 Å². The van der Waals surface area contributed by atoms with Gasteiger partial charge < -0.3 is 5.32 Å². The molecule has 18 heavy (non-hydrogen) atoms. The lowest BCUT2D eigenvalue weighted by Gasteiger charge is -2.12. The molecule has 0 amide bonds. The van der Waals surface area contributed by atoms with Crippen LogP contribution >= 0.6 is 0 Å². The van der Waals surface area contributed by atoms with Crippen LogP contribution in [-0.4, -0.2) is 22.4 Å². The maximum atomic E-state index is 4.61.